The van der Waals surface area contributed by atoms with Crippen molar-refractivity contribution >= 4 is 5.91 Å². The van der Waals surface area contributed by atoms with E-state index in [1.54, 1.807) is 24.5 Å². The number of piperidine rings is 1. The molecule has 0 aliphatic carbocycles. The van der Waals surface area contributed by atoms with Crippen molar-refractivity contribution in [2.75, 3.05) is 19.9 Å². The molecule has 29 heavy (non-hydrogen) atoms. The maximum absolute atomic E-state index is 13.1. The Morgan fingerprint density at radius 1 is 1.10 bits per heavy atom. The number of hydrogen-bond acceptors (Lipinski definition) is 5. The van der Waals surface area contributed by atoms with Gasteiger partial charge in [0.1, 0.15) is 5.82 Å². The van der Waals surface area contributed by atoms with E-state index in [2.05, 4.69) is 14.5 Å². The zero-order valence-electron chi connectivity index (χ0n) is 16.0. The van der Waals surface area contributed by atoms with Gasteiger partial charge in [-0.1, -0.05) is 0 Å². The molecule has 1 atom stereocenters. The smallest absolute Gasteiger partial charge is 0.254 e. The van der Waals surface area contributed by atoms with Crippen molar-refractivity contribution in [3.05, 3.63) is 72.1 Å². The molecule has 0 unspecified atom stereocenters. The average Bonchev–Trinajstić information content (AvgIpc) is 3.43. The second-order valence-corrected chi connectivity index (χ2v) is 7.43. The number of ether oxygens (including phenoxy) is 2. The molecular weight excluding hydrogens is 368 g/mol. The zero-order valence-corrected chi connectivity index (χ0v) is 16.0. The summed E-state index contributed by atoms with van der Waals surface area (Å²) in [6.45, 7) is 2.39. The van der Waals surface area contributed by atoms with E-state index in [4.69, 9.17) is 9.47 Å². The third-order valence-electron chi connectivity index (χ3n) is 5.54. The molecule has 5 rings (SSSR count). The Hall–Kier alpha value is -3.35. The van der Waals surface area contributed by atoms with E-state index < -0.39 is 0 Å². The third-order valence-corrected chi connectivity index (χ3v) is 5.54. The summed E-state index contributed by atoms with van der Waals surface area (Å²) in [6, 6.07) is 9.42. The maximum Gasteiger partial charge on any atom is 0.254 e. The van der Waals surface area contributed by atoms with Gasteiger partial charge in [-0.3, -0.25) is 9.78 Å². The molecular formula is C22H22N4O3. The molecule has 2 aliphatic heterocycles. The van der Waals surface area contributed by atoms with Crippen LogP contribution in [0.3, 0.4) is 0 Å². The lowest BCUT2D eigenvalue weighted by molar-refractivity contribution is 0.0703. The number of carbonyl (C=O) groups is 1. The number of hydrogen-bond donors (Lipinski definition) is 0. The number of aromatic nitrogens is 3. The Kier molecular flexibility index (Phi) is 4.63. The number of carbonyl (C=O) groups excluding carboxylic acids is 1. The fourth-order valence-electron chi connectivity index (χ4n) is 4.08. The molecule has 1 aromatic carbocycles. The van der Waals surface area contributed by atoms with Crippen LogP contribution in [-0.2, 0) is 6.54 Å². The van der Waals surface area contributed by atoms with Crippen LogP contribution in [0.15, 0.2) is 55.1 Å². The van der Waals surface area contributed by atoms with Crippen LogP contribution in [0, 0.1) is 0 Å². The maximum atomic E-state index is 13.1. The van der Waals surface area contributed by atoms with E-state index in [1.165, 1.54) is 5.56 Å². The number of likely N-dealkylation sites (tertiary alicyclic amines) is 1. The van der Waals surface area contributed by atoms with E-state index in [9.17, 15) is 4.79 Å². The summed E-state index contributed by atoms with van der Waals surface area (Å²) < 4.78 is 12.9. The Balaban J connectivity index is 1.32. The molecule has 0 radical (unpaired) electrons. The Morgan fingerprint density at radius 2 is 1.97 bits per heavy atom. The number of rotatable bonds is 4. The van der Waals surface area contributed by atoms with Crippen molar-refractivity contribution in [1.29, 1.82) is 0 Å². The summed E-state index contributed by atoms with van der Waals surface area (Å²) >= 11 is 0. The van der Waals surface area contributed by atoms with Gasteiger partial charge in [0.25, 0.3) is 5.91 Å². The third kappa shape index (κ3) is 3.55. The van der Waals surface area contributed by atoms with Crippen molar-refractivity contribution < 1.29 is 14.3 Å². The van der Waals surface area contributed by atoms with Crippen LogP contribution in [0.2, 0.25) is 0 Å². The predicted molar refractivity (Wildman–Crippen MR) is 106 cm³/mol. The van der Waals surface area contributed by atoms with Crippen LogP contribution < -0.4 is 9.47 Å². The molecule has 2 aliphatic rings. The molecule has 0 N–H and O–H groups in total. The summed E-state index contributed by atoms with van der Waals surface area (Å²) in [7, 11) is 0. The van der Waals surface area contributed by atoms with E-state index >= 15 is 0 Å². The molecule has 4 heterocycles. The highest BCUT2D eigenvalue weighted by molar-refractivity contribution is 5.95. The van der Waals surface area contributed by atoms with Gasteiger partial charge in [0.15, 0.2) is 11.5 Å². The van der Waals surface area contributed by atoms with Crippen LogP contribution in [-0.4, -0.2) is 45.2 Å². The number of pyridine rings is 1. The number of imidazole rings is 1. The topological polar surface area (TPSA) is 69.5 Å². The minimum Gasteiger partial charge on any atom is -0.454 e. The predicted octanol–water partition coefficient (Wildman–Crippen LogP) is 3.07. The molecule has 1 saturated heterocycles. The Bertz CT molecular complexity index is 1020. The SMILES string of the molecule is O=C(c1ccc2c(c1)OCO2)N1CCC[C@@H](c2nccn2Cc2ccncc2)C1. The first kappa shape index (κ1) is 17.7. The van der Waals surface area contributed by atoms with Crippen molar-refractivity contribution in [2.45, 2.75) is 25.3 Å². The van der Waals surface area contributed by atoms with Gasteiger partial charge in [0.2, 0.25) is 6.79 Å². The zero-order chi connectivity index (χ0) is 19.6. The van der Waals surface area contributed by atoms with Gasteiger partial charge >= 0.3 is 0 Å². The highest BCUT2D eigenvalue weighted by atomic mass is 16.7. The van der Waals surface area contributed by atoms with Crippen molar-refractivity contribution in [1.82, 2.24) is 19.4 Å². The van der Waals surface area contributed by atoms with Crippen LogP contribution in [0.25, 0.3) is 0 Å². The van der Waals surface area contributed by atoms with Gasteiger partial charge in [-0.25, -0.2) is 4.98 Å². The van der Waals surface area contributed by atoms with E-state index in [0.717, 1.165) is 31.8 Å². The van der Waals surface area contributed by atoms with Crippen molar-refractivity contribution in [2.24, 2.45) is 0 Å². The molecule has 7 nitrogen and oxygen atoms in total. The average molecular weight is 390 g/mol. The standard InChI is InChI=1S/C22H22N4O3/c27-22(17-3-4-19-20(12-17)29-15-28-19)26-10-1-2-18(14-26)21-24-9-11-25(21)13-16-5-7-23-8-6-16/h3-9,11-12,18H,1-2,10,13-15H2/t18-/m1/s1. The van der Waals surface area contributed by atoms with E-state index in [0.29, 0.717) is 23.6 Å². The summed E-state index contributed by atoms with van der Waals surface area (Å²) in [5.74, 6) is 2.61. The second-order valence-electron chi connectivity index (χ2n) is 7.43. The van der Waals surface area contributed by atoms with Gasteiger partial charge in [-0.05, 0) is 48.7 Å². The monoisotopic (exact) mass is 390 g/mol. The lowest BCUT2D eigenvalue weighted by Crippen LogP contribution is -2.39. The number of amides is 1. The Morgan fingerprint density at radius 3 is 2.86 bits per heavy atom. The van der Waals surface area contributed by atoms with Crippen LogP contribution in [0.4, 0.5) is 0 Å². The summed E-state index contributed by atoms with van der Waals surface area (Å²) in [5.41, 5.74) is 1.82. The first-order chi connectivity index (χ1) is 14.3. The summed E-state index contributed by atoms with van der Waals surface area (Å²) in [4.78, 5) is 23.7. The molecule has 0 saturated carbocycles. The quantitative estimate of drug-likeness (QED) is 0.685. The Labute approximate surface area is 168 Å². The molecule has 0 spiro atoms. The number of benzene rings is 1. The fourth-order valence-corrected chi connectivity index (χ4v) is 4.08. The molecule has 7 heteroatoms. The molecule has 1 amide bonds. The minimum absolute atomic E-state index is 0.0280. The van der Waals surface area contributed by atoms with Crippen molar-refractivity contribution in [3.8, 4) is 11.5 Å². The lowest BCUT2D eigenvalue weighted by Gasteiger charge is -2.33. The van der Waals surface area contributed by atoms with Crippen molar-refractivity contribution in [3.63, 3.8) is 0 Å². The second kappa shape index (κ2) is 7.58. The minimum atomic E-state index is 0.0280. The normalized spacial score (nSPS) is 18.1. The van der Waals surface area contributed by atoms with Crippen LogP contribution in [0.1, 0.15) is 40.5 Å². The summed E-state index contributed by atoms with van der Waals surface area (Å²) in [5, 5.41) is 0. The van der Waals surface area contributed by atoms with Crippen LogP contribution >= 0.6 is 0 Å². The largest absolute Gasteiger partial charge is 0.454 e. The van der Waals surface area contributed by atoms with Gasteiger partial charge < -0.3 is 18.9 Å². The van der Waals surface area contributed by atoms with E-state index in [1.807, 2.05) is 35.5 Å². The number of fused-ring (bicyclic) bond motifs is 1. The molecule has 148 valence electrons. The summed E-state index contributed by atoms with van der Waals surface area (Å²) in [6.07, 6.45) is 9.45. The van der Waals surface area contributed by atoms with Gasteiger partial charge in [-0.15, -0.1) is 0 Å². The fraction of sp³-hybridized carbons (Fsp3) is 0.318. The van der Waals surface area contributed by atoms with Gasteiger partial charge in [-0.2, -0.15) is 0 Å². The highest BCUT2D eigenvalue weighted by Gasteiger charge is 2.29. The number of nitrogens with zero attached hydrogens (tertiary/aromatic N) is 4. The molecule has 2 aromatic heterocycles. The molecule has 1 fully saturated rings. The lowest BCUT2D eigenvalue weighted by atomic mass is 9.96. The first-order valence-electron chi connectivity index (χ1n) is 9.87. The van der Waals surface area contributed by atoms with Gasteiger partial charge in [0.05, 0.1) is 0 Å². The highest BCUT2D eigenvalue weighted by Crippen LogP contribution is 2.34. The van der Waals surface area contributed by atoms with Crippen LogP contribution in [0.5, 0.6) is 11.5 Å². The molecule has 0 bridgehead atoms. The molecule has 3 aromatic rings. The first-order valence-corrected chi connectivity index (χ1v) is 9.87. The van der Waals surface area contributed by atoms with E-state index in [-0.39, 0.29) is 18.6 Å². The van der Waals surface area contributed by atoms with Gasteiger partial charge in [0, 0.05) is 55.9 Å².